The predicted octanol–water partition coefficient (Wildman–Crippen LogP) is 1.29. The molecule has 134 valence electrons. The molecular weight excluding hydrogens is 336 g/mol. The van der Waals surface area contributed by atoms with Crippen LogP contribution in [0.3, 0.4) is 0 Å². The van der Waals surface area contributed by atoms with E-state index < -0.39 is 5.72 Å². The van der Waals surface area contributed by atoms with Crippen molar-refractivity contribution < 1.29 is 19.0 Å². The number of rotatable bonds is 2. The summed E-state index contributed by atoms with van der Waals surface area (Å²) in [6.45, 7) is 2.64. The Balaban J connectivity index is 1.48. The number of benzene rings is 1. The maximum absolute atomic E-state index is 12.9. The third-order valence-corrected chi connectivity index (χ3v) is 5.76. The van der Waals surface area contributed by atoms with Gasteiger partial charge in [-0.3, -0.25) is 9.59 Å². The Kier molecular flexibility index (Phi) is 3.21. The van der Waals surface area contributed by atoms with Gasteiger partial charge < -0.3 is 14.5 Å². The molecule has 0 aliphatic carbocycles. The van der Waals surface area contributed by atoms with E-state index in [0.717, 1.165) is 5.56 Å². The van der Waals surface area contributed by atoms with Gasteiger partial charge in [-0.1, -0.05) is 35.5 Å². The second kappa shape index (κ2) is 5.38. The molecule has 1 aromatic heterocycles. The Morgan fingerprint density at radius 2 is 2.08 bits per heavy atom. The first-order valence-electron chi connectivity index (χ1n) is 8.73. The third kappa shape index (κ3) is 1.93. The fourth-order valence-corrected chi connectivity index (χ4v) is 4.57. The van der Waals surface area contributed by atoms with Gasteiger partial charge >= 0.3 is 0 Å². The number of aromatic nitrogens is 2. The minimum absolute atomic E-state index is 0.0221. The van der Waals surface area contributed by atoms with Gasteiger partial charge in [0, 0.05) is 13.0 Å². The summed E-state index contributed by atoms with van der Waals surface area (Å²) in [5.74, 6) is -0.235. The van der Waals surface area contributed by atoms with Crippen LogP contribution < -0.4 is 0 Å². The number of nitrogens with zero attached hydrogens (tertiary/aromatic N) is 4. The first-order chi connectivity index (χ1) is 12.6. The summed E-state index contributed by atoms with van der Waals surface area (Å²) in [6.07, 6.45) is 0.863. The lowest BCUT2D eigenvalue weighted by atomic mass is 10.0. The lowest BCUT2D eigenvalue weighted by Gasteiger charge is -2.33. The molecule has 3 saturated heterocycles. The Morgan fingerprint density at radius 3 is 2.81 bits per heavy atom. The van der Waals surface area contributed by atoms with Crippen molar-refractivity contribution in [2.24, 2.45) is 0 Å². The average molecular weight is 354 g/mol. The molecule has 8 nitrogen and oxygen atoms in total. The SMILES string of the molecule is Cc1nonc1C(=O)N1CC[C@@]23OC[C@@H](c4ccccc4)N2C(=O)C[C@@H]13. The van der Waals surface area contributed by atoms with Gasteiger partial charge in [-0.25, -0.2) is 4.63 Å². The molecule has 0 unspecified atom stereocenters. The van der Waals surface area contributed by atoms with Crippen LogP contribution in [0.5, 0.6) is 0 Å². The highest BCUT2D eigenvalue weighted by Gasteiger charge is 2.65. The number of ether oxygens (including phenoxy) is 1. The molecule has 2 aromatic rings. The molecule has 4 heterocycles. The molecular formula is C18H18N4O4. The molecule has 26 heavy (non-hydrogen) atoms. The molecule has 0 radical (unpaired) electrons. The molecule has 3 aliphatic heterocycles. The molecule has 0 bridgehead atoms. The predicted molar refractivity (Wildman–Crippen MR) is 87.8 cm³/mol. The van der Waals surface area contributed by atoms with E-state index in [0.29, 0.717) is 25.3 Å². The van der Waals surface area contributed by atoms with Crippen molar-refractivity contribution in [2.75, 3.05) is 13.2 Å². The molecule has 0 saturated carbocycles. The number of carbonyl (C=O) groups excluding carboxylic acids is 2. The van der Waals surface area contributed by atoms with Gasteiger partial charge in [-0.15, -0.1) is 0 Å². The first kappa shape index (κ1) is 15.5. The van der Waals surface area contributed by atoms with E-state index in [-0.39, 0.29) is 36.0 Å². The van der Waals surface area contributed by atoms with Gasteiger partial charge in [0.15, 0.2) is 11.4 Å². The topological polar surface area (TPSA) is 88.8 Å². The number of aryl methyl sites for hydroxylation is 1. The van der Waals surface area contributed by atoms with Gasteiger partial charge in [-0.2, -0.15) is 0 Å². The highest BCUT2D eigenvalue weighted by Crippen LogP contribution is 2.51. The van der Waals surface area contributed by atoms with Crippen LogP contribution in [-0.4, -0.2) is 56.8 Å². The van der Waals surface area contributed by atoms with Crippen molar-refractivity contribution in [2.45, 2.75) is 37.6 Å². The third-order valence-electron chi connectivity index (χ3n) is 5.76. The van der Waals surface area contributed by atoms with Crippen molar-refractivity contribution in [3.8, 4) is 0 Å². The largest absolute Gasteiger partial charge is 0.351 e. The second-order valence-corrected chi connectivity index (χ2v) is 7.01. The minimum atomic E-state index is -0.738. The highest BCUT2D eigenvalue weighted by atomic mass is 16.6. The molecule has 0 N–H and O–H groups in total. The molecule has 3 aliphatic rings. The zero-order valence-corrected chi connectivity index (χ0v) is 14.3. The Bertz CT molecular complexity index is 882. The lowest BCUT2D eigenvalue weighted by Crippen LogP contribution is -2.49. The maximum atomic E-state index is 12.9. The molecule has 2 amide bonds. The van der Waals surface area contributed by atoms with Crippen molar-refractivity contribution in [1.29, 1.82) is 0 Å². The van der Waals surface area contributed by atoms with E-state index in [1.807, 2.05) is 35.2 Å². The van der Waals surface area contributed by atoms with Crippen LogP contribution in [0, 0.1) is 6.92 Å². The summed E-state index contributed by atoms with van der Waals surface area (Å²) in [6, 6.07) is 9.47. The number of amides is 2. The van der Waals surface area contributed by atoms with Crippen molar-refractivity contribution in [1.82, 2.24) is 20.1 Å². The Morgan fingerprint density at radius 1 is 1.27 bits per heavy atom. The molecule has 1 spiro atoms. The van der Waals surface area contributed by atoms with E-state index in [2.05, 4.69) is 14.9 Å². The molecule has 3 atom stereocenters. The number of carbonyl (C=O) groups is 2. The molecule has 3 fully saturated rings. The van der Waals surface area contributed by atoms with Crippen LogP contribution in [0.15, 0.2) is 35.0 Å². The van der Waals surface area contributed by atoms with Gasteiger partial charge in [0.25, 0.3) is 5.91 Å². The standard InChI is InChI=1S/C18H18N4O4/c1-11-16(20-26-19-11)17(24)21-8-7-18-14(21)9-15(23)22(18)13(10-25-18)12-5-3-2-4-6-12/h2-6,13-14H,7-10H2,1H3/t13-,14+,18-/m0/s1. The van der Waals surface area contributed by atoms with Gasteiger partial charge in [-0.05, 0) is 17.6 Å². The quantitative estimate of drug-likeness (QED) is 0.807. The van der Waals surface area contributed by atoms with E-state index in [1.165, 1.54) is 0 Å². The van der Waals surface area contributed by atoms with Gasteiger partial charge in [0.05, 0.1) is 25.1 Å². The Hall–Kier alpha value is -2.74. The van der Waals surface area contributed by atoms with Crippen molar-refractivity contribution in [3.05, 3.63) is 47.3 Å². The maximum Gasteiger partial charge on any atom is 0.278 e. The Labute approximate surface area is 149 Å². The van der Waals surface area contributed by atoms with Crippen LogP contribution in [-0.2, 0) is 9.53 Å². The van der Waals surface area contributed by atoms with Crippen molar-refractivity contribution >= 4 is 11.8 Å². The van der Waals surface area contributed by atoms with Crippen molar-refractivity contribution in [3.63, 3.8) is 0 Å². The summed E-state index contributed by atoms with van der Waals surface area (Å²) in [5.41, 5.74) is 0.968. The summed E-state index contributed by atoms with van der Waals surface area (Å²) in [7, 11) is 0. The van der Waals surface area contributed by atoms with E-state index >= 15 is 0 Å². The van der Waals surface area contributed by atoms with Gasteiger partial charge in [0.1, 0.15) is 5.69 Å². The summed E-state index contributed by atoms with van der Waals surface area (Å²) >= 11 is 0. The van der Waals surface area contributed by atoms with Crippen LogP contribution >= 0.6 is 0 Å². The summed E-state index contributed by atoms with van der Waals surface area (Å²) in [5, 5.41) is 7.41. The van der Waals surface area contributed by atoms with Crippen LogP contribution in [0.4, 0.5) is 0 Å². The smallest absolute Gasteiger partial charge is 0.278 e. The zero-order chi connectivity index (χ0) is 17.9. The molecule has 8 heteroatoms. The zero-order valence-electron chi connectivity index (χ0n) is 14.3. The lowest BCUT2D eigenvalue weighted by molar-refractivity contribution is -0.138. The minimum Gasteiger partial charge on any atom is -0.351 e. The number of hydrogen-bond donors (Lipinski definition) is 0. The summed E-state index contributed by atoms with van der Waals surface area (Å²) in [4.78, 5) is 29.3. The molecule has 1 aromatic carbocycles. The fraction of sp³-hybridized carbons (Fsp3) is 0.444. The summed E-state index contributed by atoms with van der Waals surface area (Å²) < 4.78 is 10.9. The second-order valence-electron chi connectivity index (χ2n) is 7.01. The van der Waals surface area contributed by atoms with Crippen LogP contribution in [0.25, 0.3) is 0 Å². The monoisotopic (exact) mass is 354 g/mol. The molecule has 5 rings (SSSR count). The fourth-order valence-electron chi connectivity index (χ4n) is 4.57. The average Bonchev–Trinajstić information content (AvgIpc) is 3.37. The highest BCUT2D eigenvalue weighted by molar-refractivity contribution is 5.95. The number of likely N-dealkylation sites (tertiary alicyclic amines) is 1. The van der Waals surface area contributed by atoms with E-state index in [9.17, 15) is 9.59 Å². The normalized spacial score (nSPS) is 30.0. The van der Waals surface area contributed by atoms with Gasteiger partial charge in [0.2, 0.25) is 5.91 Å². The van der Waals surface area contributed by atoms with E-state index in [4.69, 9.17) is 4.74 Å². The number of hydrogen-bond acceptors (Lipinski definition) is 6. The van der Waals surface area contributed by atoms with Crippen LogP contribution in [0.1, 0.15) is 40.6 Å². The first-order valence-corrected chi connectivity index (χ1v) is 8.73. The van der Waals surface area contributed by atoms with E-state index in [1.54, 1.807) is 11.8 Å². The van der Waals surface area contributed by atoms with Crippen LogP contribution in [0.2, 0.25) is 0 Å².